The van der Waals surface area contributed by atoms with Gasteiger partial charge in [0.15, 0.2) is 11.4 Å². The number of aliphatic hydroxyl groups excluding tert-OH is 2. The quantitative estimate of drug-likeness (QED) is 0.380. The highest BCUT2D eigenvalue weighted by molar-refractivity contribution is 5.89. The van der Waals surface area contributed by atoms with Gasteiger partial charge in [0.05, 0.1) is 6.61 Å². The second kappa shape index (κ2) is 5.87. The monoisotopic (exact) mass is 203 g/mol. The Kier molecular flexibility index (Phi) is 5.56. The van der Waals surface area contributed by atoms with Crippen molar-refractivity contribution >= 4 is 5.78 Å². The summed E-state index contributed by atoms with van der Waals surface area (Å²) in [5.41, 5.74) is 3.13. The number of carbonyl (C=O) groups excluding carboxylic acids is 1. The van der Waals surface area contributed by atoms with Crippen LogP contribution in [0.15, 0.2) is 12.7 Å². The molecule has 0 aliphatic carbocycles. The van der Waals surface area contributed by atoms with E-state index in [1.807, 2.05) is 0 Å². The number of aliphatic hydroxyl groups is 3. The van der Waals surface area contributed by atoms with Gasteiger partial charge in [-0.1, -0.05) is 12.7 Å². The summed E-state index contributed by atoms with van der Waals surface area (Å²) in [5.74, 6) is -0.584. The first-order valence-corrected chi connectivity index (χ1v) is 4.41. The average Bonchev–Trinajstić information content (AvgIpc) is 2.23. The molecular weight excluding hydrogens is 186 g/mol. The fourth-order valence-electron chi connectivity index (χ4n) is 1.04. The second-order valence-electron chi connectivity index (χ2n) is 3.04. The third-order valence-corrected chi connectivity index (χ3v) is 2.05. The van der Waals surface area contributed by atoms with E-state index in [9.17, 15) is 15.0 Å². The molecule has 0 aliphatic rings. The molecule has 82 valence electrons. The Labute approximate surface area is 82.9 Å². The summed E-state index contributed by atoms with van der Waals surface area (Å²) in [6, 6.07) is 0. The van der Waals surface area contributed by atoms with Crippen LogP contribution in [0.2, 0.25) is 0 Å². The van der Waals surface area contributed by atoms with Gasteiger partial charge in [-0.25, -0.2) is 0 Å². The predicted octanol–water partition coefficient (Wildman–Crippen LogP) is -1.44. The van der Waals surface area contributed by atoms with E-state index in [1.54, 1.807) is 0 Å². The number of rotatable bonds is 7. The SMILES string of the molecule is C=CC(O)(C(=O)CCCN)C(O)CO. The fraction of sp³-hybridized carbons (Fsp3) is 0.667. The smallest absolute Gasteiger partial charge is 0.171 e. The summed E-state index contributed by atoms with van der Waals surface area (Å²) in [4.78, 5) is 11.4. The lowest BCUT2D eigenvalue weighted by molar-refractivity contribution is -0.145. The molecule has 0 rings (SSSR count). The lowest BCUT2D eigenvalue weighted by Gasteiger charge is -2.26. The Hall–Kier alpha value is -0.750. The van der Waals surface area contributed by atoms with Crippen molar-refractivity contribution in [2.75, 3.05) is 13.2 Å². The third kappa shape index (κ3) is 2.88. The number of ketones is 1. The molecule has 0 spiro atoms. The molecule has 5 heteroatoms. The molecule has 0 fully saturated rings. The number of hydrogen-bond acceptors (Lipinski definition) is 5. The topological polar surface area (TPSA) is 104 Å². The molecule has 0 aromatic rings. The highest BCUT2D eigenvalue weighted by Gasteiger charge is 2.38. The number of carbonyl (C=O) groups is 1. The zero-order chi connectivity index (χ0) is 11.2. The fourth-order valence-corrected chi connectivity index (χ4v) is 1.04. The van der Waals surface area contributed by atoms with E-state index in [2.05, 4.69) is 6.58 Å². The first kappa shape index (κ1) is 13.2. The maximum atomic E-state index is 11.4. The molecule has 0 aliphatic heterocycles. The summed E-state index contributed by atoms with van der Waals surface area (Å²) < 4.78 is 0. The van der Waals surface area contributed by atoms with Gasteiger partial charge in [0.25, 0.3) is 0 Å². The van der Waals surface area contributed by atoms with E-state index in [-0.39, 0.29) is 6.42 Å². The first-order chi connectivity index (χ1) is 6.52. The van der Waals surface area contributed by atoms with E-state index in [0.717, 1.165) is 6.08 Å². The highest BCUT2D eigenvalue weighted by Crippen LogP contribution is 2.16. The molecule has 2 unspecified atom stereocenters. The van der Waals surface area contributed by atoms with Crippen LogP contribution in [0.4, 0.5) is 0 Å². The van der Waals surface area contributed by atoms with Crippen molar-refractivity contribution < 1.29 is 20.1 Å². The van der Waals surface area contributed by atoms with Gasteiger partial charge in [0.2, 0.25) is 0 Å². The minimum atomic E-state index is -2.07. The Morgan fingerprint density at radius 2 is 2.21 bits per heavy atom. The Morgan fingerprint density at radius 1 is 1.64 bits per heavy atom. The van der Waals surface area contributed by atoms with E-state index in [0.29, 0.717) is 13.0 Å². The molecular formula is C9H17NO4. The summed E-state index contributed by atoms with van der Waals surface area (Å²) in [7, 11) is 0. The van der Waals surface area contributed by atoms with Crippen LogP contribution in [0.1, 0.15) is 12.8 Å². The molecule has 0 aromatic carbocycles. The Balaban J connectivity index is 4.50. The van der Waals surface area contributed by atoms with Gasteiger partial charge >= 0.3 is 0 Å². The van der Waals surface area contributed by atoms with E-state index in [4.69, 9.17) is 10.8 Å². The van der Waals surface area contributed by atoms with Crippen molar-refractivity contribution in [1.82, 2.24) is 0 Å². The van der Waals surface area contributed by atoms with Gasteiger partial charge in [-0.2, -0.15) is 0 Å². The first-order valence-electron chi connectivity index (χ1n) is 4.41. The van der Waals surface area contributed by atoms with Crippen molar-refractivity contribution in [3.63, 3.8) is 0 Å². The Bertz CT molecular complexity index is 207. The van der Waals surface area contributed by atoms with Gasteiger partial charge in [-0.3, -0.25) is 4.79 Å². The largest absolute Gasteiger partial charge is 0.394 e. The molecule has 2 atom stereocenters. The molecule has 5 nitrogen and oxygen atoms in total. The third-order valence-electron chi connectivity index (χ3n) is 2.05. The summed E-state index contributed by atoms with van der Waals surface area (Å²) in [6.07, 6.45) is -0.124. The van der Waals surface area contributed by atoms with Gasteiger partial charge < -0.3 is 21.1 Å². The van der Waals surface area contributed by atoms with Gasteiger partial charge in [0, 0.05) is 6.42 Å². The average molecular weight is 203 g/mol. The van der Waals surface area contributed by atoms with Crippen molar-refractivity contribution in [2.45, 2.75) is 24.5 Å². The number of hydrogen-bond donors (Lipinski definition) is 4. The molecule has 0 heterocycles. The highest BCUT2D eigenvalue weighted by atomic mass is 16.4. The minimum Gasteiger partial charge on any atom is -0.394 e. The van der Waals surface area contributed by atoms with Crippen LogP contribution in [0.5, 0.6) is 0 Å². The van der Waals surface area contributed by atoms with Gasteiger partial charge in [-0.05, 0) is 13.0 Å². The maximum Gasteiger partial charge on any atom is 0.171 e. The lowest BCUT2D eigenvalue weighted by Crippen LogP contribution is -2.49. The lowest BCUT2D eigenvalue weighted by atomic mass is 9.89. The second-order valence-corrected chi connectivity index (χ2v) is 3.04. The van der Waals surface area contributed by atoms with Crippen molar-refractivity contribution in [2.24, 2.45) is 5.73 Å². The van der Waals surface area contributed by atoms with Crippen LogP contribution in [-0.4, -0.2) is 46.0 Å². The van der Waals surface area contributed by atoms with Crippen LogP contribution in [0.3, 0.4) is 0 Å². The maximum absolute atomic E-state index is 11.4. The molecule has 0 saturated carbocycles. The summed E-state index contributed by atoms with van der Waals surface area (Å²) in [5, 5.41) is 27.5. The minimum absolute atomic E-state index is 0.0517. The summed E-state index contributed by atoms with van der Waals surface area (Å²) >= 11 is 0. The molecule has 0 radical (unpaired) electrons. The van der Waals surface area contributed by atoms with E-state index < -0.39 is 24.1 Å². The van der Waals surface area contributed by atoms with Crippen LogP contribution in [0.25, 0.3) is 0 Å². The van der Waals surface area contributed by atoms with E-state index in [1.165, 1.54) is 0 Å². The summed E-state index contributed by atoms with van der Waals surface area (Å²) in [6.45, 7) is 2.89. The molecule has 0 aromatic heterocycles. The molecule has 0 bridgehead atoms. The number of Topliss-reactive ketones (excluding diaryl/α,β-unsaturated/α-hetero) is 1. The normalized spacial score (nSPS) is 17.1. The van der Waals surface area contributed by atoms with Crippen LogP contribution in [0, 0.1) is 0 Å². The van der Waals surface area contributed by atoms with E-state index >= 15 is 0 Å². The zero-order valence-corrected chi connectivity index (χ0v) is 8.02. The molecule has 0 saturated heterocycles. The van der Waals surface area contributed by atoms with Crippen LogP contribution >= 0.6 is 0 Å². The van der Waals surface area contributed by atoms with Gasteiger partial charge in [0.1, 0.15) is 6.10 Å². The van der Waals surface area contributed by atoms with Crippen molar-refractivity contribution in [1.29, 1.82) is 0 Å². The zero-order valence-electron chi connectivity index (χ0n) is 8.02. The molecule has 0 amide bonds. The van der Waals surface area contributed by atoms with Crippen molar-refractivity contribution in [3.05, 3.63) is 12.7 Å². The standard InChI is InChI=1S/C9H17NO4/c1-2-9(14,8(13)6-11)7(12)4-3-5-10/h2,8,11,13-14H,1,3-6,10H2. The van der Waals surface area contributed by atoms with Crippen LogP contribution in [-0.2, 0) is 4.79 Å². The van der Waals surface area contributed by atoms with Crippen molar-refractivity contribution in [3.8, 4) is 0 Å². The Morgan fingerprint density at radius 3 is 2.57 bits per heavy atom. The molecule has 5 N–H and O–H groups in total. The van der Waals surface area contributed by atoms with Gasteiger partial charge in [-0.15, -0.1) is 0 Å². The predicted molar refractivity (Wildman–Crippen MR) is 51.5 cm³/mol. The number of nitrogens with two attached hydrogens (primary N) is 1. The van der Waals surface area contributed by atoms with Crippen LogP contribution < -0.4 is 5.73 Å². The molecule has 14 heavy (non-hydrogen) atoms.